The quantitative estimate of drug-likeness (QED) is 0.756. The second-order valence-electron chi connectivity index (χ2n) is 6.87. The molecule has 26 heavy (non-hydrogen) atoms. The molecule has 9 nitrogen and oxygen atoms in total. The van der Waals surface area contributed by atoms with Crippen molar-refractivity contribution < 1.29 is 0 Å². The van der Waals surface area contributed by atoms with Gasteiger partial charge in [-0.25, -0.2) is 0 Å². The summed E-state index contributed by atoms with van der Waals surface area (Å²) >= 11 is 0. The van der Waals surface area contributed by atoms with Crippen LogP contribution in [-0.2, 0) is 0 Å². The van der Waals surface area contributed by atoms with Gasteiger partial charge in [-0.1, -0.05) is 0 Å². The van der Waals surface area contributed by atoms with Gasteiger partial charge in [-0.3, -0.25) is 0 Å². The van der Waals surface area contributed by atoms with E-state index in [4.69, 9.17) is 19.7 Å². The standard InChI is InChI=1S/C16H26N9P/c1-11-9-13(3)24(18-11)26(25-14(4)10-12(2)19-25)20-15(22(5)6)17-16(21-26)23(7)8/h9-10H,1-8H3. The van der Waals surface area contributed by atoms with Gasteiger partial charge in [-0.05, 0) is 39.8 Å². The summed E-state index contributed by atoms with van der Waals surface area (Å²) in [6.45, 7) is 8.00. The molecule has 3 heterocycles. The topological polar surface area (TPSA) is 79.2 Å². The summed E-state index contributed by atoms with van der Waals surface area (Å²) in [5.74, 6) is 1.22. The van der Waals surface area contributed by atoms with Gasteiger partial charge >= 0.3 is 7.51 Å². The molecule has 140 valence electrons. The van der Waals surface area contributed by atoms with E-state index in [2.05, 4.69) is 4.99 Å². The number of rotatable bonds is 2. The van der Waals surface area contributed by atoms with Crippen molar-refractivity contribution in [2.45, 2.75) is 27.7 Å². The minimum absolute atomic E-state index is 0.608. The summed E-state index contributed by atoms with van der Waals surface area (Å²) in [6.07, 6.45) is 0. The Kier molecular flexibility index (Phi) is 4.52. The molecule has 0 spiro atoms. The van der Waals surface area contributed by atoms with Crippen molar-refractivity contribution in [2.75, 3.05) is 28.2 Å². The van der Waals surface area contributed by atoms with Crippen LogP contribution in [0.1, 0.15) is 22.8 Å². The molecule has 0 fully saturated rings. The Morgan fingerprint density at radius 1 is 0.769 bits per heavy atom. The summed E-state index contributed by atoms with van der Waals surface area (Å²) in [5.41, 5.74) is 3.84. The van der Waals surface area contributed by atoms with E-state index < -0.39 is 7.51 Å². The Bertz CT molecular complexity index is 900. The first kappa shape index (κ1) is 18.4. The van der Waals surface area contributed by atoms with Gasteiger partial charge in [0.15, 0.2) is 0 Å². The summed E-state index contributed by atoms with van der Waals surface area (Å²) in [7, 11) is 4.98. The summed E-state index contributed by atoms with van der Waals surface area (Å²) < 4.78 is 13.9. The first-order valence-corrected chi connectivity index (χ1v) is 9.98. The van der Waals surface area contributed by atoms with Gasteiger partial charge in [0, 0.05) is 39.6 Å². The van der Waals surface area contributed by atoms with E-state index in [-0.39, 0.29) is 0 Å². The Labute approximate surface area is 154 Å². The number of hydrogen-bond acceptors (Lipinski definition) is 7. The van der Waals surface area contributed by atoms with Gasteiger partial charge in [0.2, 0.25) is 11.9 Å². The Morgan fingerprint density at radius 3 is 1.58 bits per heavy atom. The third-order valence-corrected chi connectivity index (χ3v) is 6.65. The molecule has 0 amide bonds. The molecule has 0 atom stereocenters. The number of nitrogens with zero attached hydrogens (tertiary/aromatic N) is 9. The molecule has 0 unspecified atom stereocenters. The fourth-order valence-electron chi connectivity index (χ4n) is 2.80. The van der Waals surface area contributed by atoms with E-state index in [1.54, 1.807) is 0 Å². The van der Waals surface area contributed by atoms with Gasteiger partial charge < -0.3 is 9.80 Å². The van der Waals surface area contributed by atoms with Crippen LogP contribution < -0.4 is 0 Å². The number of aromatic nitrogens is 4. The lowest BCUT2D eigenvalue weighted by Crippen LogP contribution is -2.30. The fraction of sp³-hybridized carbons (Fsp3) is 0.500. The second kappa shape index (κ2) is 6.39. The van der Waals surface area contributed by atoms with Crippen molar-refractivity contribution in [1.29, 1.82) is 0 Å². The highest BCUT2D eigenvalue weighted by Crippen LogP contribution is 2.56. The third-order valence-electron chi connectivity index (χ3n) is 3.93. The van der Waals surface area contributed by atoms with Crippen LogP contribution in [0.3, 0.4) is 0 Å². The molecular formula is C16H26N9P. The lowest BCUT2D eigenvalue weighted by molar-refractivity contribution is 0.593. The Balaban J connectivity index is 2.44. The van der Waals surface area contributed by atoms with Gasteiger partial charge in [-0.15, -0.1) is 0 Å². The molecule has 0 saturated heterocycles. The maximum Gasteiger partial charge on any atom is 0.314 e. The molecule has 1 aliphatic heterocycles. The molecular weight excluding hydrogens is 349 g/mol. The van der Waals surface area contributed by atoms with Crippen LogP contribution in [0, 0.1) is 27.7 Å². The lowest BCUT2D eigenvalue weighted by Gasteiger charge is -2.29. The predicted molar refractivity (Wildman–Crippen MR) is 106 cm³/mol. The van der Waals surface area contributed by atoms with Gasteiger partial charge in [0.05, 0.1) is 11.4 Å². The summed E-state index contributed by atoms with van der Waals surface area (Å²) in [6, 6.07) is 4.07. The van der Waals surface area contributed by atoms with Crippen molar-refractivity contribution in [3.8, 4) is 0 Å². The molecule has 10 heteroatoms. The van der Waals surface area contributed by atoms with E-state index in [0.29, 0.717) is 11.9 Å². The highest BCUT2D eigenvalue weighted by Gasteiger charge is 2.34. The summed E-state index contributed by atoms with van der Waals surface area (Å²) in [5, 5.41) is 9.47. The van der Waals surface area contributed by atoms with E-state index in [9.17, 15) is 0 Å². The fourth-order valence-corrected chi connectivity index (χ4v) is 5.76. The zero-order chi connectivity index (χ0) is 19.2. The number of hydrogen-bond donors (Lipinski definition) is 0. The van der Waals surface area contributed by atoms with Gasteiger partial charge in [0.1, 0.15) is 0 Å². The maximum absolute atomic E-state index is 5.01. The normalized spacial score (nSPS) is 16.0. The van der Waals surface area contributed by atoms with Crippen molar-refractivity contribution >= 4 is 19.4 Å². The predicted octanol–water partition coefficient (Wildman–Crippen LogP) is 2.50. The average Bonchev–Trinajstić information content (AvgIpc) is 3.08. The highest BCUT2D eigenvalue weighted by atomic mass is 31.2. The van der Waals surface area contributed by atoms with E-state index >= 15 is 0 Å². The van der Waals surface area contributed by atoms with Gasteiger partial charge in [0.25, 0.3) is 0 Å². The van der Waals surface area contributed by atoms with Crippen LogP contribution in [0.5, 0.6) is 0 Å². The van der Waals surface area contributed by atoms with Crippen molar-refractivity contribution in [1.82, 2.24) is 28.9 Å². The highest BCUT2D eigenvalue weighted by molar-refractivity contribution is 7.62. The minimum Gasteiger partial charge on any atom is -0.347 e. The van der Waals surface area contributed by atoms with Crippen LogP contribution in [0.15, 0.2) is 26.6 Å². The zero-order valence-corrected chi connectivity index (χ0v) is 17.5. The molecule has 0 aliphatic carbocycles. The number of aryl methyl sites for hydroxylation is 4. The third kappa shape index (κ3) is 2.96. The average molecular weight is 375 g/mol. The zero-order valence-electron chi connectivity index (χ0n) is 16.6. The second-order valence-corrected chi connectivity index (χ2v) is 9.10. The monoisotopic (exact) mass is 375 g/mol. The largest absolute Gasteiger partial charge is 0.347 e. The number of guanidine groups is 2. The Hall–Kier alpha value is -2.41. The summed E-state index contributed by atoms with van der Waals surface area (Å²) in [4.78, 5) is 8.38. The van der Waals surface area contributed by atoms with Crippen molar-refractivity contribution in [3.63, 3.8) is 0 Å². The first-order valence-electron chi connectivity index (χ1n) is 8.38. The maximum atomic E-state index is 5.01. The molecule has 2 aromatic rings. The molecule has 1 aliphatic rings. The molecule has 0 N–H and O–H groups in total. The van der Waals surface area contributed by atoms with Crippen LogP contribution in [0.25, 0.3) is 0 Å². The molecule has 0 saturated carbocycles. The minimum atomic E-state index is -2.74. The SMILES string of the molecule is Cc1cc(C)n(P2(n3nc(C)cc3C)=NC(N(C)C)=NC(N(C)C)=N2)n1. The van der Waals surface area contributed by atoms with E-state index in [0.717, 1.165) is 22.8 Å². The van der Waals surface area contributed by atoms with E-state index in [1.165, 1.54) is 0 Å². The van der Waals surface area contributed by atoms with Gasteiger partial charge in [-0.2, -0.15) is 33.6 Å². The van der Waals surface area contributed by atoms with Crippen LogP contribution in [0.2, 0.25) is 0 Å². The van der Waals surface area contributed by atoms with Crippen LogP contribution in [-0.4, -0.2) is 69.0 Å². The van der Waals surface area contributed by atoms with Crippen molar-refractivity contribution in [2.24, 2.45) is 14.5 Å². The molecule has 0 aromatic carbocycles. The molecule has 0 radical (unpaired) electrons. The molecule has 0 bridgehead atoms. The van der Waals surface area contributed by atoms with E-state index in [1.807, 2.05) is 86.7 Å². The van der Waals surface area contributed by atoms with Crippen LogP contribution >= 0.6 is 7.51 Å². The van der Waals surface area contributed by atoms with Crippen LogP contribution in [0.4, 0.5) is 0 Å². The number of aliphatic imine (C=N–C) groups is 1. The Morgan fingerprint density at radius 2 is 1.23 bits per heavy atom. The first-order chi connectivity index (χ1) is 12.1. The smallest absolute Gasteiger partial charge is 0.314 e. The molecule has 2 aromatic heterocycles. The lowest BCUT2D eigenvalue weighted by atomic mass is 10.4. The van der Waals surface area contributed by atoms with Crippen molar-refractivity contribution in [3.05, 3.63) is 34.9 Å². The molecule has 3 rings (SSSR count).